The van der Waals surface area contributed by atoms with Crippen molar-refractivity contribution >= 4 is 29.3 Å². The van der Waals surface area contributed by atoms with Gasteiger partial charge in [0.25, 0.3) is 0 Å². The first-order valence-electron chi connectivity index (χ1n) is 5.99. The molecule has 1 rings (SSSR count). The van der Waals surface area contributed by atoms with Crippen LogP contribution in [0.25, 0.3) is 0 Å². The Hall–Kier alpha value is -0.710. The van der Waals surface area contributed by atoms with Crippen molar-refractivity contribution in [2.45, 2.75) is 30.7 Å². The summed E-state index contributed by atoms with van der Waals surface area (Å²) in [4.78, 5) is 12.5. The molecule has 0 aliphatic heterocycles. The molecule has 3 nitrogen and oxygen atoms in total. The van der Waals surface area contributed by atoms with Crippen LogP contribution >= 0.6 is 23.4 Å². The molecule has 0 aliphatic rings. The standard InChI is InChI=1S/C13H19ClN2OS/c1-10(15)6-8-16-13(17)7-9-18-12-5-3-2-4-11(12)14/h2-5,10H,6-9,15H2,1H3,(H,16,17). The van der Waals surface area contributed by atoms with Gasteiger partial charge in [0.1, 0.15) is 0 Å². The van der Waals surface area contributed by atoms with Gasteiger partial charge in [-0.3, -0.25) is 4.79 Å². The Bertz CT molecular complexity index is 385. The Morgan fingerprint density at radius 1 is 1.50 bits per heavy atom. The lowest BCUT2D eigenvalue weighted by atomic mass is 10.2. The van der Waals surface area contributed by atoms with E-state index in [9.17, 15) is 4.79 Å². The smallest absolute Gasteiger partial charge is 0.220 e. The molecule has 0 saturated carbocycles. The van der Waals surface area contributed by atoms with Crippen molar-refractivity contribution in [3.8, 4) is 0 Å². The molecule has 0 aliphatic carbocycles. The van der Waals surface area contributed by atoms with Gasteiger partial charge in [0.2, 0.25) is 5.91 Å². The summed E-state index contributed by atoms with van der Waals surface area (Å²) in [6.07, 6.45) is 1.30. The molecule has 0 fully saturated rings. The summed E-state index contributed by atoms with van der Waals surface area (Å²) in [5, 5.41) is 3.59. The fraction of sp³-hybridized carbons (Fsp3) is 0.462. The lowest BCUT2D eigenvalue weighted by Gasteiger charge is -2.07. The van der Waals surface area contributed by atoms with E-state index in [-0.39, 0.29) is 11.9 Å². The highest BCUT2D eigenvalue weighted by Gasteiger charge is 2.04. The van der Waals surface area contributed by atoms with Gasteiger partial charge in [-0.05, 0) is 25.5 Å². The van der Waals surface area contributed by atoms with E-state index in [1.54, 1.807) is 11.8 Å². The molecule has 0 radical (unpaired) electrons. The molecule has 100 valence electrons. The van der Waals surface area contributed by atoms with Gasteiger partial charge in [0, 0.05) is 29.7 Å². The fourth-order valence-corrected chi connectivity index (χ4v) is 2.53. The van der Waals surface area contributed by atoms with E-state index < -0.39 is 0 Å². The maximum atomic E-state index is 11.5. The van der Waals surface area contributed by atoms with Crippen LogP contribution in [0.2, 0.25) is 5.02 Å². The topological polar surface area (TPSA) is 55.1 Å². The van der Waals surface area contributed by atoms with Gasteiger partial charge < -0.3 is 11.1 Å². The van der Waals surface area contributed by atoms with Gasteiger partial charge >= 0.3 is 0 Å². The van der Waals surface area contributed by atoms with Crippen molar-refractivity contribution in [3.05, 3.63) is 29.3 Å². The van der Waals surface area contributed by atoms with Crippen molar-refractivity contribution < 1.29 is 4.79 Å². The monoisotopic (exact) mass is 286 g/mol. The van der Waals surface area contributed by atoms with E-state index in [0.29, 0.717) is 13.0 Å². The number of hydrogen-bond acceptors (Lipinski definition) is 3. The van der Waals surface area contributed by atoms with Gasteiger partial charge in [0.15, 0.2) is 0 Å². The predicted molar refractivity (Wildman–Crippen MR) is 78.1 cm³/mol. The molecule has 18 heavy (non-hydrogen) atoms. The largest absolute Gasteiger partial charge is 0.356 e. The van der Waals surface area contributed by atoms with Gasteiger partial charge in [0.05, 0.1) is 5.02 Å². The van der Waals surface area contributed by atoms with E-state index in [4.69, 9.17) is 17.3 Å². The maximum absolute atomic E-state index is 11.5. The van der Waals surface area contributed by atoms with Crippen LogP contribution in [0.5, 0.6) is 0 Å². The number of thioether (sulfide) groups is 1. The second kappa shape index (κ2) is 8.40. The maximum Gasteiger partial charge on any atom is 0.220 e. The van der Waals surface area contributed by atoms with Gasteiger partial charge in [-0.1, -0.05) is 23.7 Å². The number of halogens is 1. The first kappa shape index (κ1) is 15.3. The molecule has 1 amide bonds. The van der Waals surface area contributed by atoms with E-state index >= 15 is 0 Å². The first-order valence-corrected chi connectivity index (χ1v) is 7.35. The van der Waals surface area contributed by atoms with E-state index in [0.717, 1.165) is 22.1 Å². The van der Waals surface area contributed by atoms with Crippen LogP contribution in [-0.2, 0) is 4.79 Å². The molecular formula is C13H19ClN2OS. The number of nitrogens with one attached hydrogen (secondary N) is 1. The Labute approximate surface area is 117 Å². The minimum atomic E-state index is 0.0650. The summed E-state index contributed by atoms with van der Waals surface area (Å²) in [6, 6.07) is 7.78. The van der Waals surface area contributed by atoms with Gasteiger partial charge in [-0.25, -0.2) is 0 Å². The van der Waals surface area contributed by atoms with Crippen LogP contribution in [0.4, 0.5) is 0 Å². The molecule has 0 spiro atoms. The number of rotatable bonds is 7. The predicted octanol–water partition coefficient (Wildman–Crippen LogP) is 2.68. The number of amides is 1. The quantitative estimate of drug-likeness (QED) is 0.758. The van der Waals surface area contributed by atoms with Crippen LogP contribution < -0.4 is 11.1 Å². The van der Waals surface area contributed by atoms with E-state index in [2.05, 4.69) is 5.32 Å². The van der Waals surface area contributed by atoms with E-state index in [1.165, 1.54) is 0 Å². The summed E-state index contributed by atoms with van der Waals surface area (Å²) in [6.45, 7) is 2.58. The van der Waals surface area contributed by atoms with Crippen molar-refractivity contribution in [1.82, 2.24) is 5.32 Å². The number of carbonyl (C=O) groups is 1. The first-order chi connectivity index (χ1) is 8.59. The lowest BCUT2D eigenvalue weighted by molar-refractivity contribution is -0.120. The summed E-state index contributed by atoms with van der Waals surface area (Å²) in [5.74, 6) is 0.795. The van der Waals surface area contributed by atoms with Gasteiger partial charge in [-0.2, -0.15) is 0 Å². The summed E-state index contributed by atoms with van der Waals surface area (Å²) >= 11 is 7.62. The van der Waals surface area contributed by atoms with Crippen molar-refractivity contribution in [2.24, 2.45) is 5.73 Å². The minimum Gasteiger partial charge on any atom is -0.356 e. The zero-order chi connectivity index (χ0) is 13.4. The van der Waals surface area contributed by atoms with Crippen molar-refractivity contribution in [1.29, 1.82) is 0 Å². The van der Waals surface area contributed by atoms with Crippen molar-refractivity contribution in [3.63, 3.8) is 0 Å². The molecule has 1 aromatic rings. The van der Waals surface area contributed by atoms with E-state index in [1.807, 2.05) is 31.2 Å². The molecule has 5 heteroatoms. The highest BCUT2D eigenvalue weighted by atomic mass is 35.5. The average Bonchev–Trinajstić information content (AvgIpc) is 2.31. The van der Waals surface area contributed by atoms with Crippen LogP contribution in [0.15, 0.2) is 29.2 Å². The van der Waals surface area contributed by atoms with Crippen LogP contribution in [-0.4, -0.2) is 24.2 Å². The number of carbonyl (C=O) groups excluding carboxylic acids is 1. The normalized spacial score (nSPS) is 12.2. The summed E-state index contributed by atoms with van der Waals surface area (Å²) in [7, 11) is 0. The molecule has 0 aromatic heterocycles. The highest BCUT2D eigenvalue weighted by Crippen LogP contribution is 2.26. The van der Waals surface area contributed by atoms with Gasteiger partial charge in [-0.15, -0.1) is 11.8 Å². The second-order valence-electron chi connectivity index (χ2n) is 4.14. The third-order valence-electron chi connectivity index (χ3n) is 2.35. The zero-order valence-electron chi connectivity index (χ0n) is 10.5. The average molecular weight is 287 g/mol. The van der Waals surface area contributed by atoms with Crippen LogP contribution in [0.3, 0.4) is 0 Å². The molecule has 0 saturated heterocycles. The third-order valence-corrected chi connectivity index (χ3v) is 3.86. The van der Waals surface area contributed by atoms with Crippen LogP contribution in [0, 0.1) is 0 Å². The Kier molecular flexibility index (Phi) is 7.16. The number of nitrogens with two attached hydrogens (primary N) is 1. The Morgan fingerprint density at radius 3 is 2.89 bits per heavy atom. The second-order valence-corrected chi connectivity index (χ2v) is 5.69. The molecule has 0 heterocycles. The van der Waals surface area contributed by atoms with Crippen molar-refractivity contribution in [2.75, 3.05) is 12.3 Å². The summed E-state index contributed by atoms with van der Waals surface area (Å²) in [5.41, 5.74) is 5.60. The third kappa shape index (κ3) is 6.28. The molecule has 1 aromatic carbocycles. The SMILES string of the molecule is CC(N)CCNC(=O)CCSc1ccccc1Cl. The zero-order valence-corrected chi connectivity index (χ0v) is 12.1. The van der Waals surface area contributed by atoms with Crippen LogP contribution in [0.1, 0.15) is 19.8 Å². The molecule has 1 atom stereocenters. The lowest BCUT2D eigenvalue weighted by Crippen LogP contribution is -2.29. The molecule has 0 bridgehead atoms. The summed E-state index contributed by atoms with van der Waals surface area (Å²) < 4.78 is 0. The number of benzene rings is 1. The Balaban J connectivity index is 2.18. The minimum absolute atomic E-state index is 0.0650. The fourth-order valence-electron chi connectivity index (χ4n) is 1.34. The Morgan fingerprint density at radius 2 is 2.22 bits per heavy atom. The molecular weight excluding hydrogens is 268 g/mol. The number of hydrogen-bond donors (Lipinski definition) is 2. The molecule has 1 unspecified atom stereocenters. The highest BCUT2D eigenvalue weighted by molar-refractivity contribution is 7.99. The molecule has 3 N–H and O–H groups in total.